The number of hydrogen-bond donors (Lipinski definition) is 1. The van der Waals surface area contributed by atoms with Gasteiger partial charge in [0.05, 0.1) is 6.04 Å². The third-order valence-electron chi connectivity index (χ3n) is 3.98. The molecule has 0 radical (unpaired) electrons. The Bertz CT molecular complexity index is 509. The molecule has 2 N–H and O–H groups in total. The minimum Gasteiger partial charge on any atom is -0.456 e. The Labute approximate surface area is 126 Å². The van der Waals surface area contributed by atoms with Gasteiger partial charge in [0.25, 0.3) is 0 Å². The molecule has 21 heavy (non-hydrogen) atoms. The van der Waals surface area contributed by atoms with E-state index >= 15 is 0 Å². The Balaban J connectivity index is 1.97. The van der Waals surface area contributed by atoms with Gasteiger partial charge in [-0.15, -0.1) is 0 Å². The van der Waals surface area contributed by atoms with Crippen LogP contribution in [0.5, 0.6) is 0 Å². The van der Waals surface area contributed by atoms with Gasteiger partial charge < -0.3 is 10.5 Å². The predicted octanol–water partition coefficient (Wildman–Crippen LogP) is 2.71. The zero-order chi connectivity index (χ0) is 15.3. The lowest BCUT2D eigenvalue weighted by atomic mass is 9.82. The van der Waals surface area contributed by atoms with E-state index in [9.17, 15) is 4.79 Å². The van der Waals surface area contributed by atoms with Gasteiger partial charge >= 0.3 is 5.97 Å². The number of hydrogen-bond acceptors (Lipinski definition) is 4. The van der Waals surface area contributed by atoms with E-state index < -0.39 is 0 Å². The molecule has 1 aromatic rings. The average molecular weight is 288 g/mol. The van der Waals surface area contributed by atoms with Gasteiger partial charge in [0.15, 0.2) is 0 Å². The van der Waals surface area contributed by atoms with Crippen LogP contribution in [0.2, 0.25) is 0 Å². The number of nitrogens with two attached hydrogens (primary N) is 1. The number of esters is 1. The van der Waals surface area contributed by atoms with Gasteiger partial charge in [0.1, 0.15) is 12.3 Å². The van der Waals surface area contributed by atoms with E-state index in [1.54, 1.807) is 0 Å². The molecule has 1 atom stereocenters. The van der Waals surface area contributed by atoms with Crippen LogP contribution < -0.4 is 5.73 Å². The number of carbonyl (C=O) groups excluding carboxylic acids is 1. The summed E-state index contributed by atoms with van der Waals surface area (Å²) in [6.45, 7) is 5.33. The molecule has 1 aliphatic heterocycles. The Morgan fingerprint density at radius 3 is 2.76 bits per heavy atom. The van der Waals surface area contributed by atoms with Crippen molar-refractivity contribution in [1.82, 2.24) is 0 Å². The second kappa shape index (κ2) is 6.85. The van der Waals surface area contributed by atoms with E-state index in [-0.39, 0.29) is 24.0 Å². The van der Waals surface area contributed by atoms with Crippen molar-refractivity contribution in [1.29, 1.82) is 0 Å². The van der Waals surface area contributed by atoms with Gasteiger partial charge in [0, 0.05) is 6.54 Å². The van der Waals surface area contributed by atoms with Crippen LogP contribution in [0.15, 0.2) is 35.3 Å². The molecule has 0 amide bonds. The summed E-state index contributed by atoms with van der Waals surface area (Å²) in [5, 5.41) is 0. The molecular weight excluding hydrogens is 264 g/mol. The normalized spacial score (nSPS) is 21.9. The molecule has 114 valence electrons. The van der Waals surface area contributed by atoms with Crippen molar-refractivity contribution < 1.29 is 9.53 Å². The predicted molar refractivity (Wildman–Crippen MR) is 84.1 cm³/mol. The van der Waals surface area contributed by atoms with Crippen LogP contribution in [-0.4, -0.2) is 24.3 Å². The molecule has 2 rings (SSSR count). The van der Waals surface area contributed by atoms with E-state index in [1.165, 1.54) is 0 Å². The van der Waals surface area contributed by atoms with E-state index in [4.69, 9.17) is 10.5 Å². The lowest BCUT2D eigenvalue weighted by Gasteiger charge is -2.28. The van der Waals surface area contributed by atoms with Crippen LogP contribution in [0.1, 0.15) is 38.7 Å². The summed E-state index contributed by atoms with van der Waals surface area (Å²) >= 11 is 0. The topological polar surface area (TPSA) is 64.7 Å². The van der Waals surface area contributed by atoms with Crippen molar-refractivity contribution in [3.63, 3.8) is 0 Å². The highest BCUT2D eigenvalue weighted by Crippen LogP contribution is 2.28. The fourth-order valence-corrected chi connectivity index (χ4v) is 2.42. The van der Waals surface area contributed by atoms with Crippen LogP contribution in [0, 0.1) is 5.41 Å². The number of benzene rings is 1. The molecule has 1 unspecified atom stereocenters. The molecule has 1 aliphatic rings. The maximum atomic E-state index is 12.2. The zero-order valence-corrected chi connectivity index (χ0v) is 12.8. The van der Waals surface area contributed by atoms with Crippen LogP contribution in [0.25, 0.3) is 0 Å². The Morgan fingerprint density at radius 2 is 2.05 bits per heavy atom. The maximum absolute atomic E-state index is 12.2. The minimum absolute atomic E-state index is 0.237. The van der Waals surface area contributed by atoms with E-state index in [0.29, 0.717) is 12.3 Å². The lowest BCUT2D eigenvalue weighted by Crippen LogP contribution is -2.39. The van der Waals surface area contributed by atoms with Crippen molar-refractivity contribution in [3.05, 3.63) is 35.9 Å². The van der Waals surface area contributed by atoms with E-state index in [0.717, 1.165) is 24.8 Å². The summed E-state index contributed by atoms with van der Waals surface area (Å²) in [5.41, 5.74) is 7.70. The highest BCUT2D eigenvalue weighted by Gasteiger charge is 2.27. The van der Waals surface area contributed by atoms with Crippen molar-refractivity contribution in [2.24, 2.45) is 16.1 Å². The Hall–Kier alpha value is -1.68. The van der Waals surface area contributed by atoms with E-state index in [1.807, 2.05) is 30.3 Å². The lowest BCUT2D eigenvalue weighted by molar-refractivity contribution is -0.137. The molecular formula is C17H24N2O2. The molecule has 0 saturated carbocycles. The SMILES string of the molecule is CC1(C)CCN=C(C(=O)OCc2ccccc2)C(N)CC1. The molecule has 0 aliphatic carbocycles. The average Bonchev–Trinajstić information content (AvgIpc) is 2.47. The first-order valence-corrected chi connectivity index (χ1v) is 7.49. The summed E-state index contributed by atoms with van der Waals surface area (Å²) in [6, 6.07) is 9.30. The summed E-state index contributed by atoms with van der Waals surface area (Å²) in [6.07, 6.45) is 2.74. The molecule has 1 aromatic carbocycles. The standard InChI is InChI=1S/C17H24N2O2/c1-17(2)9-8-14(18)15(19-11-10-17)16(20)21-12-13-6-4-3-5-7-13/h3-7,14H,8-12,18H2,1-2H3. The first-order chi connectivity index (χ1) is 9.98. The quantitative estimate of drug-likeness (QED) is 0.870. The van der Waals surface area contributed by atoms with Gasteiger partial charge in [-0.1, -0.05) is 44.2 Å². The molecule has 0 aromatic heterocycles. The molecule has 0 bridgehead atoms. The zero-order valence-electron chi connectivity index (χ0n) is 12.8. The van der Waals surface area contributed by atoms with Crippen molar-refractivity contribution in [2.75, 3.05) is 6.54 Å². The molecule has 0 spiro atoms. The van der Waals surface area contributed by atoms with Crippen molar-refractivity contribution in [3.8, 4) is 0 Å². The minimum atomic E-state index is -0.383. The van der Waals surface area contributed by atoms with Crippen molar-refractivity contribution in [2.45, 2.75) is 45.8 Å². The smallest absolute Gasteiger partial charge is 0.354 e. The first-order valence-electron chi connectivity index (χ1n) is 7.49. The van der Waals surface area contributed by atoms with Crippen LogP contribution in [-0.2, 0) is 16.1 Å². The third kappa shape index (κ3) is 4.67. The monoisotopic (exact) mass is 288 g/mol. The van der Waals surface area contributed by atoms with Crippen molar-refractivity contribution >= 4 is 11.7 Å². The fraction of sp³-hybridized carbons (Fsp3) is 0.529. The molecule has 0 saturated heterocycles. The van der Waals surface area contributed by atoms with Gasteiger partial charge in [-0.3, -0.25) is 4.99 Å². The van der Waals surface area contributed by atoms with Crippen LogP contribution in [0.3, 0.4) is 0 Å². The number of ether oxygens (including phenoxy) is 1. The van der Waals surface area contributed by atoms with Gasteiger partial charge in [-0.05, 0) is 30.2 Å². The first kappa shape index (κ1) is 15.7. The summed E-state index contributed by atoms with van der Waals surface area (Å²) in [5.74, 6) is -0.383. The van der Waals surface area contributed by atoms with Gasteiger partial charge in [-0.25, -0.2) is 4.79 Å². The number of rotatable bonds is 3. The van der Waals surface area contributed by atoms with E-state index in [2.05, 4.69) is 18.8 Å². The highest BCUT2D eigenvalue weighted by molar-refractivity contribution is 6.38. The Kier molecular flexibility index (Phi) is 5.12. The second-order valence-electron chi connectivity index (χ2n) is 6.39. The van der Waals surface area contributed by atoms with Gasteiger partial charge in [-0.2, -0.15) is 0 Å². The summed E-state index contributed by atoms with van der Waals surface area (Å²) < 4.78 is 5.34. The Morgan fingerprint density at radius 1 is 1.33 bits per heavy atom. The second-order valence-corrected chi connectivity index (χ2v) is 6.39. The third-order valence-corrected chi connectivity index (χ3v) is 3.98. The number of nitrogens with zero attached hydrogens (tertiary/aromatic N) is 1. The summed E-state index contributed by atoms with van der Waals surface area (Å²) in [7, 11) is 0. The highest BCUT2D eigenvalue weighted by atomic mass is 16.5. The molecule has 4 heteroatoms. The van der Waals surface area contributed by atoms with Crippen LogP contribution >= 0.6 is 0 Å². The van der Waals surface area contributed by atoms with Crippen LogP contribution in [0.4, 0.5) is 0 Å². The molecule has 1 heterocycles. The largest absolute Gasteiger partial charge is 0.456 e. The maximum Gasteiger partial charge on any atom is 0.354 e. The fourth-order valence-electron chi connectivity index (χ4n) is 2.42. The molecule has 4 nitrogen and oxygen atoms in total. The number of carbonyl (C=O) groups is 1. The number of aliphatic imine (C=N–C) groups is 1. The molecule has 0 fully saturated rings. The van der Waals surface area contributed by atoms with Gasteiger partial charge in [0.2, 0.25) is 0 Å². The summed E-state index contributed by atoms with van der Waals surface area (Å²) in [4.78, 5) is 16.6.